The number of carbonyl (C=O) groups excluding carboxylic acids is 1. The molecule has 112 valence electrons. The zero-order valence-electron chi connectivity index (χ0n) is 12.0. The van der Waals surface area contributed by atoms with Gasteiger partial charge < -0.3 is 20.5 Å². The first kappa shape index (κ1) is 16.5. The minimum atomic E-state index is -0.458. The van der Waals surface area contributed by atoms with Crippen molar-refractivity contribution in [1.82, 2.24) is 5.32 Å². The first-order chi connectivity index (χ1) is 9.74. The maximum Gasteiger partial charge on any atom is 0.236 e. The number of hydrogen-bond acceptors (Lipinski definition) is 4. The molecule has 0 aliphatic heterocycles. The lowest BCUT2D eigenvalue weighted by atomic mass is 10.1. The summed E-state index contributed by atoms with van der Waals surface area (Å²) in [5, 5.41) is 2.81. The van der Waals surface area contributed by atoms with Gasteiger partial charge in [-0.05, 0) is 31.4 Å². The molecule has 0 bridgehead atoms. The molecule has 0 radical (unpaired) electrons. The highest BCUT2D eigenvalue weighted by molar-refractivity contribution is 5.81. The van der Waals surface area contributed by atoms with Gasteiger partial charge in [-0.15, -0.1) is 0 Å². The lowest BCUT2D eigenvalue weighted by Gasteiger charge is -2.12. The maximum absolute atomic E-state index is 11.7. The van der Waals surface area contributed by atoms with Crippen molar-refractivity contribution >= 4 is 5.91 Å². The summed E-state index contributed by atoms with van der Waals surface area (Å²) in [6, 6.07) is 9.15. The number of para-hydroxylation sites is 1. The predicted molar refractivity (Wildman–Crippen MR) is 78.6 cm³/mol. The molecule has 1 aromatic carbocycles. The molecule has 1 atom stereocenters. The van der Waals surface area contributed by atoms with Crippen LogP contribution in [0.4, 0.5) is 0 Å². The standard InChI is InChI=1S/C15H24N2O3/c1-19-11-5-9-14(16)15(18)17-10-6-12-20-13-7-3-2-4-8-13/h2-4,7-8,14H,5-6,9-12,16H2,1H3,(H,17,18). The lowest BCUT2D eigenvalue weighted by molar-refractivity contribution is -0.122. The first-order valence-electron chi connectivity index (χ1n) is 6.94. The molecular weight excluding hydrogens is 256 g/mol. The molecule has 20 heavy (non-hydrogen) atoms. The highest BCUT2D eigenvalue weighted by Crippen LogP contribution is 2.08. The summed E-state index contributed by atoms with van der Waals surface area (Å²) in [5.74, 6) is 0.732. The number of hydrogen-bond donors (Lipinski definition) is 2. The van der Waals surface area contributed by atoms with E-state index in [-0.39, 0.29) is 5.91 Å². The van der Waals surface area contributed by atoms with E-state index in [1.807, 2.05) is 30.3 Å². The Bertz CT molecular complexity index is 371. The van der Waals surface area contributed by atoms with Crippen LogP contribution in [0.5, 0.6) is 5.75 Å². The van der Waals surface area contributed by atoms with Gasteiger partial charge in [0.15, 0.2) is 0 Å². The average Bonchev–Trinajstić information content (AvgIpc) is 2.48. The Morgan fingerprint density at radius 3 is 2.70 bits per heavy atom. The number of benzene rings is 1. The van der Waals surface area contributed by atoms with Crippen LogP contribution in [-0.4, -0.2) is 38.8 Å². The minimum Gasteiger partial charge on any atom is -0.494 e. The van der Waals surface area contributed by atoms with Crippen molar-refractivity contribution in [3.8, 4) is 5.75 Å². The van der Waals surface area contributed by atoms with Crippen LogP contribution in [0.2, 0.25) is 0 Å². The van der Waals surface area contributed by atoms with Gasteiger partial charge >= 0.3 is 0 Å². The Morgan fingerprint density at radius 1 is 1.25 bits per heavy atom. The van der Waals surface area contributed by atoms with Crippen LogP contribution < -0.4 is 15.8 Å². The Morgan fingerprint density at radius 2 is 2.00 bits per heavy atom. The van der Waals surface area contributed by atoms with E-state index in [0.717, 1.165) is 18.6 Å². The largest absolute Gasteiger partial charge is 0.494 e. The molecule has 0 saturated heterocycles. The van der Waals surface area contributed by atoms with Gasteiger partial charge in [-0.3, -0.25) is 4.79 Å². The molecule has 1 rings (SSSR count). The second-order valence-electron chi connectivity index (χ2n) is 4.55. The number of amides is 1. The van der Waals surface area contributed by atoms with Crippen molar-refractivity contribution in [2.24, 2.45) is 5.73 Å². The van der Waals surface area contributed by atoms with Crippen molar-refractivity contribution in [3.05, 3.63) is 30.3 Å². The number of nitrogens with one attached hydrogen (secondary N) is 1. The second kappa shape index (κ2) is 10.2. The molecule has 0 aliphatic rings. The van der Waals surface area contributed by atoms with E-state index < -0.39 is 6.04 Å². The number of ether oxygens (including phenoxy) is 2. The van der Waals surface area contributed by atoms with Crippen molar-refractivity contribution in [1.29, 1.82) is 0 Å². The van der Waals surface area contributed by atoms with Crippen LogP contribution in [0.25, 0.3) is 0 Å². The normalized spacial score (nSPS) is 11.9. The molecule has 3 N–H and O–H groups in total. The third-order valence-electron chi connectivity index (χ3n) is 2.83. The topological polar surface area (TPSA) is 73.6 Å². The smallest absolute Gasteiger partial charge is 0.236 e. The van der Waals surface area contributed by atoms with Gasteiger partial charge in [0.05, 0.1) is 12.6 Å². The van der Waals surface area contributed by atoms with Crippen LogP contribution in [-0.2, 0) is 9.53 Å². The van der Waals surface area contributed by atoms with Crippen LogP contribution in [0.3, 0.4) is 0 Å². The second-order valence-corrected chi connectivity index (χ2v) is 4.55. The maximum atomic E-state index is 11.7. The summed E-state index contributed by atoms with van der Waals surface area (Å²) in [6.45, 7) is 1.78. The van der Waals surface area contributed by atoms with Crippen molar-refractivity contribution in [2.45, 2.75) is 25.3 Å². The molecule has 5 nitrogen and oxygen atoms in total. The molecule has 0 heterocycles. The molecule has 0 spiro atoms. The van der Waals surface area contributed by atoms with Gasteiger partial charge in [0.2, 0.25) is 5.91 Å². The van der Waals surface area contributed by atoms with E-state index in [4.69, 9.17) is 15.2 Å². The van der Waals surface area contributed by atoms with Gasteiger partial charge in [0.1, 0.15) is 5.75 Å². The predicted octanol–water partition coefficient (Wildman–Crippen LogP) is 1.33. The highest BCUT2D eigenvalue weighted by atomic mass is 16.5. The molecular formula is C15H24N2O3. The minimum absolute atomic E-state index is 0.110. The van der Waals surface area contributed by atoms with E-state index >= 15 is 0 Å². The average molecular weight is 280 g/mol. The summed E-state index contributed by atoms with van der Waals surface area (Å²) < 4.78 is 10.5. The quantitative estimate of drug-likeness (QED) is 0.634. The number of rotatable bonds is 10. The highest BCUT2D eigenvalue weighted by Gasteiger charge is 2.11. The zero-order chi connectivity index (χ0) is 14.6. The van der Waals surface area contributed by atoms with Gasteiger partial charge in [0.25, 0.3) is 0 Å². The summed E-state index contributed by atoms with van der Waals surface area (Å²) in [6.07, 6.45) is 2.19. The third kappa shape index (κ3) is 7.11. The Kier molecular flexibility index (Phi) is 8.42. The SMILES string of the molecule is COCCCC(N)C(=O)NCCCOc1ccccc1. The van der Waals surface area contributed by atoms with Crippen molar-refractivity contribution < 1.29 is 14.3 Å². The monoisotopic (exact) mass is 280 g/mol. The van der Waals surface area contributed by atoms with E-state index in [0.29, 0.717) is 26.2 Å². The molecule has 5 heteroatoms. The summed E-state index contributed by atoms with van der Waals surface area (Å²) >= 11 is 0. The fraction of sp³-hybridized carbons (Fsp3) is 0.533. The zero-order valence-corrected chi connectivity index (χ0v) is 12.0. The Hall–Kier alpha value is -1.59. The summed E-state index contributed by atoms with van der Waals surface area (Å²) in [5.41, 5.74) is 5.76. The van der Waals surface area contributed by atoms with E-state index in [2.05, 4.69) is 5.32 Å². The molecule has 0 saturated carbocycles. The summed E-state index contributed by atoms with van der Waals surface area (Å²) in [7, 11) is 1.64. The van der Waals surface area contributed by atoms with Crippen molar-refractivity contribution in [3.63, 3.8) is 0 Å². The Labute approximate surface area is 120 Å². The van der Waals surface area contributed by atoms with Crippen LogP contribution in [0.1, 0.15) is 19.3 Å². The summed E-state index contributed by atoms with van der Waals surface area (Å²) in [4.78, 5) is 11.7. The lowest BCUT2D eigenvalue weighted by Crippen LogP contribution is -2.41. The molecule has 0 aliphatic carbocycles. The number of methoxy groups -OCH3 is 1. The molecule has 0 fully saturated rings. The van der Waals surface area contributed by atoms with Gasteiger partial charge in [-0.1, -0.05) is 18.2 Å². The number of nitrogens with two attached hydrogens (primary N) is 1. The van der Waals surface area contributed by atoms with Gasteiger partial charge in [0, 0.05) is 20.3 Å². The van der Waals surface area contributed by atoms with Crippen LogP contribution in [0, 0.1) is 0 Å². The third-order valence-corrected chi connectivity index (χ3v) is 2.83. The molecule has 1 amide bonds. The van der Waals surface area contributed by atoms with Crippen molar-refractivity contribution in [2.75, 3.05) is 26.9 Å². The first-order valence-corrected chi connectivity index (χ1v) is 6.94. The van der Waals surface area contributed by atoms with Crippen LogP contribution in [0.15, 0.2) is 30.3 Å². The Balaban J connectivity index is 2.04. The fourth-order valence-corrected chi connectivity index (χ4v) is 1.70. The molecule has 1 aromatic rings. The van der Waals surface area contributed by atoms with E-state index in [1.165, 1.54) is 0 Å². The van der Waals surface area contributed by atoms with E-state index in [1.54, 1.807) is 7.11 Å². The van der Waals surface area contributed by atoms with Gasteiger partial charge in [-0.25, -0.2) is 0 Å². The molecule has 1 unspecified atom stereocenters. The fourth-order valence-electron chi connectivity index (χ4n) is 1.70. The van der Waals surface area contributed by atoms with E-state index in [9.17, 15) is 4.79 Å². The number of carbonyl (C=O) groups is 1. The van der Waals surface area contributed by atoms with Crippen LogP contribution >= 0.6 is 0 Å². The molecule has 0 aromatic heterocycles. The van der Waals surface area contributed by atoms with Gasteiger partial charge in [-0.2, -0.15) is 0 Å².